The molecule has 57 heavy (non-hydrogen) atoms. The second-order valence-electron chi connectivity index (χ2n) is 21.7. The first kappa shape index (κ1) is 38.2. The third-order valence-electron chi connectivity index (χ3n) is 13.5. The molecule has 0 bridgehead atoms. The van der Waals surface area contributed by atoms with Gasteiger partial charge in [-0.2, -0.15) is 0 Å². The van der Waals surface area contributed by atoms with E-state index < -0.39 is 0 Å². The Morgan fingerprint density at radius 1 is 0.596 bits per heavy atom. The SMILES string of the molecule is Cc1cc2c3c(n1)N(c1ccc(C(C)(C)C)cc1)c1ccc(C(C)(C)C)cc1B3c1sc3ccc(C(C)(C)C)cc3c1N2c1ccc2c(c1)C(C)(C)CCC2(C)C. The fraction of sp³-hybridized carbons (Fsp3) is 0.404. The van der Waals surface area contributed by atoms with Crippen LogP contribution in [0.1, 0.15) is 136 Å². The van der Waals surface area contributed by atoms with Crippen molar-refractivity contribution >= 4 is 78.1 Å². The number of fused-ring (bicyclic) bond motifs is 7. The number of aryl methyl sites for hydroxylation is 1. The third kappa shape index (κ3) is 6.00. The fourth-order valence-corrected chi connectivity index (χ4v) is 11.1. The zero-order valence-electron chi connectivity index (χ0n) is 36.8. The van der Waals surface area contributed by atoms with Crippen molar-refractivity contribution in [2.75, 3.05) is 9.80 Å². The number of hydrogen-bond donors (Lipinski definition) is 0. The van der Waals surface area contributed by atoms with Crippen LogP contribution in [-0.4, -0.2) is 11.7 Å². The lowest BCUT2D eigenvalue weighted by atomic mass is 9.36. The van der Waals surface area contributed by atoms with Crippen molar-refractivity contribution in [2.45, 2.75) is 137 Å². The molecule has 0 fully saturated rings. The maximum atomic E-state index is 5.52. The Labute approximate surface area is 346 Å². The molecule has 0 saturated carbocycles. The number of benzene rings is 4. The van der Waals surface area contributed by atoms with Crippen LogP contribution >= 0.6 is 11.3 Å². The molecule has 2 aromatic heterocycles. The Morgan fingerprint density at radius 3 is 1.82 bits per heavy atom. The van der Waals surface area contributed by atoms with Gasteiger partial charge in [-0.1, -0.05) is 126 Å². The predicted octanol–water partition coefficient (Wildman–Crippen LogP) is 12.9. The highest BCUT2D eigenvalue weighted by atomic mass is 32.1. The van der Waals surface area contributed by atoms with Crippen LogP contribution in [0.25, 0.3) is 10.1 Å². The fourth-order valence-electron chi connectivity index (χ4n) is 9.75. The molecule has 0 saturated heterocycles. The molecule has 3 nitrogen and oxygen atoms in total. The topological polar surface area (TPSA) is 19.4 Å². The lowest BCUT2D eigenvalue weighted by Crippen LogP contribution is -2.61. The molecule has 0 N–H and O–H groups in total. The summed E-state index contributed by atoms with van der Waals surface area (Å²) in [4.78, 5) is 10.6. The Morgan fingerprint density at radius 2 is 1.18 bits per heavy atom. The molecular weight excluding hydrogens is 709 g/mol. The Bertz CT molecular complexity index is 2600. The molecule has 6 aromatic rings. The molecule has 0 atom stereocenters. The molecule has 2 aliphatic heterocycles. The molecule has 0 amide bonds. The third-order valence-corrected chi connectivity index (χ3v) is 14.7. The monoisotopic (exact) mass is 769 g/mol. The van der Waals surface area contributed by atoms with E-state index >= 15 is 0 Å². The summed E-state index contributed by atoms with van der Waals surface area (Å²) >= 11 is 1.98. The summed E-state index contributed by atoms with van der Waals surface area (Å²) in [6.45, 7) is 32.9. The Hall–Kier alpha value is -4.35. The van der Waals surface area contributed by atoms with Gasteiger partial charge in [0.2, 0.25) is 0 Å². The van der Waals surface area contributed by atoms with Gasteiger partial charge in [-0.05, 0) is 134 Å². The van der Waals surface area contributed by atoms with Gasteiger partial charge in [-0.15, -0.1) is 11.3 Å². The van der Waals surface area contributed by atoms with E-state index in [-0.39, 0.29) is 33.8 Å². The first-order valence-electron chi connectivity index (χ1n) is 21.1. The molecule has 0 unspecified atom stereocenters. The molecule has 0 radical (unpaired) electrons. The lowest BCUT2D eigenvalue weighted by molar-refractivity contribution is 0.332. The van der Waals surface area contributed by atoms with Crippen molar-refractivity contribution in [3.05, 3.63) is 118 Å². The van der Waals surface area contributed by atoms with E-state index in [0.29, 0.717) is 0 Å². The second kappa shape index (κ2) is 12.3. The maximum Gasteiger partial charge on any atom is 0.266 e. The number of rotatable bonds is 2. The average molecular weight is 770 g/mol. The zero-order valence-corrected chi connectivity index (χ0v) is 37.6. The molecule has 0 spiro atoms. The van der Waals surface area contributed by atoms with E-state index in [4.69, 9.17) is 4.98 Å². The van der Waals surface area contributed by atoms with Crippen LogP contribution in [0.4, 0.5) is 34.3 Å². The average Bonchev–Trinajstić information content (AvgIpc) is 3.50. The van der Waals surface area contributed by atoms with Gasteiger partial charge in [0.05, 0.1) is 5.69 Å². The smallest absolute Gasteiger partial charge is 0.266 e. The quantitative estimate of drug-likeness (QED) is 0.163. The highest BCUT2D eigenvalue weighted by Crippen LogP contribution is 2.52. The van der Waals surface area contributed by atoms with E-state index in [2.05, 4.69) is 192 Å². The maximum absolute atomic E-state index is 5.52. The summed E-state index contributed by atoms with van der Waals surface area (Å²) in [5, 5.41) is 1.34. The zero-order chi connectivity index (χ0) is 40.8. The largest absolute Gasteiger partial charge is 0.310 e. The van der Waals surface area contributed by atoms with E-state index in [0.717, 1.165) is 17.2 Å². The molecule has 292 valence electrons. The van der Waals surface area contributed by atoms with Gasteiger partial charge in [-0.3, -0.25) is 4.90 Å². The van der Waals surface area contributed by atoms with Crippen molar-refractivity contribution in [1.29, 1.82) is 0 Å². The Kier molecular flexibility index (Phi) is 8.26. The summed E-state index contributed by atoms with van der Waals surface area (Å²) in [6.07, 6.45) is 2.38. The molecule has 3 aliphatic rings. The van der Waals surface area contributed by atoms with Crippen LogP contribution in [0.3, 0.4) is 0 Å². The van der Waals surface area contributed by atoms with E-state index in [9.17, 15) is 0 Å². The van der Waals surface area contributed by atoms with Gasteiger partial charge in [0, 0.05) is 43.3 Å². The van der Waals surface area contributed by atoms with E-state index in [1.165, 1.54) is 89.2 Å². The predicted molar refractivity (Wildman–Crippen MR) is 250 cm³/mol. The van der Waals surface area contributed by atoms with Crippen molar-refractivity contribution < 1.29 is 0 Å². The number of hydrogen-bond acceptors (Lipinski definition) is 4. The molecule has 9 rings (SSSR count). The van der Waals surface area contributed by atoms with Crippen LogP contribution < -0.4 is 25.5 Å². The first-order chi connectivity index (χ1) is 26.5. The minimum atomic E-state index is -0.00212. The van der Waals surface area contributed by atoms with E-state index in [1.807, 2.05) is 11.3 Å². The van der Waals surface area contributed by atoms with Gasteiger partial charge in [-0.25, -0.2) is 4.98 Å². The minimum Gasteiger partial charge on any atom is -0.310 e. The standard InChI is InChI=1S/C52H60BN3S/c1-31-27-42-44-47(54-31)56(35-19-15-32(16-20-35)48(2,3)4)41-23-17-34(50(8,9)10)29-40(41)53(44)46-45(37-28-33(49(5,6)7)18-24-43(37)57-46)55(42)36-21-22-38-39(30-36)52(13,14)26-25-51(38,11)12/h15-24,27-30H,25-26H2,1-14H3. The second-order valence-corrected chi connectivity index (χ2v) is 22.8. The summed E-state index contributed by atoms with van der Waals surface area (Å²) < 4.78 is 2.74. The molecule has 1 aliphatic carbocycles. The minimum absolute atomic E-state index is 0.00212. The van der Waals surface area contributed by atoms with Gasteiger partial charge in [0.1, 0.15) is 5.82 Å². The van der Waals surface area contributed by atoms with Gasteiger partial charge >= 0.3 is 0 Å². The number of nitrogens with zero attached hydrogens (tertiary/aromatic N) is 3. The number of anilines is 6. The van der Waals surface area contributed by atoms with Crippen LogP contribution in [0.15, 0.2) is 84.9 Å². The van der Waals surface area contributed by atoms with Gasteiger partial charge in [0.15, 0.2) is 0 Å². The van der Waals surface area contributed by atoms with Crippen molar-refractivity contribution in [2.24, 2.45) is 0 Å². The van der Waals surface area contributed by atoms with Gasteiger partial charge in [0.25, 0.3) is 6.71 Å². The van der Waals surface area contributed by atoms with Gasteiger partial charge < -0.3 is 4.90 Å². The number of aromatic nitrogens is 1. The molecule has 4 heterocycles. The van der Waals surface area contributed by atoms with Crippen LogP contribution in [0, 0.1) is 6.92 Å². The highest BCUT2D eigenvalue weighted by Gasteiger charge is 2.47. The van der Waals surface area contributed by atoms with Crippen LogP contribution in [0.2, 0.25) is 0 Å². The van der Waals surface area contributed by atoms with Crippen LogP contribution in [0.5, 0.6) is 0 Å². The summed E-state index contributed by atoms with van der Waals surface area (Å²) in [5.74, 6) is 1.04. The van der Waals surface area contributed by atoms with Crippen molar-refractivity contribution in [3.63, 3.8) is 0 Å². The Balaban J connectivity index is 1.39. The normalized spacial score (nSPS) is 17.0. The molecule has 4 aromatic carbocycles. The number of thiophene rings is 1. The highest BCUT2D eigenvalue weighted by molar-refractivity contribution is 7.33. The summed E-state index contributed by atoms with van der Waals surface area (Å²) in [6, 6.07) is 33.6. The summed E-state index contributed by atoms with van der Waals surface area (Å²) in [7, 11) is 0. The van der Waals surface area contributed by atoms with E-state index in [1.54, 1.807) is 0 Å². The summed E-state index contributed by atoms with van der Waals surface area (Å²) in [5.41, 5.74) is 17.2. The first-order valence-corrected chi connectivity index (χ1v) is 21.9. The molecule has 5 heteroatoms. The lowest BCUT2D eigenvalue weighted by Gasteiger charge is -2.44. The van der Waals surface area contributed by atoms with Crippen molar-refractivity contribution in [3.8, 4) is 0 Å². The molecular formula is C52H60BN3S. The van der Waals surface area contributed by atoms with Crippen molar-refractivity contribution in [1.82, 2.24) is 4.98 Å². The van der Waals surface area contributed by atoms with Crippen LogP contribution in [-0.2, 0) is 27.1 Å². The number of pyridine rings is 1.